The molecular weight excluding hydrogens is 364 g/mol. The van der Waals surface area contributed by atoms with Crippen molar-refractivity contribution in [3.63, 3.8) is 0 Å². The number of para-hydroxylation sites is 1. The highest BCUT2D eigenvalue weighted by molar-refractivity contribution is 7.89. The standard InChI is InChI=1S/C17H19ClN2O4S/c1-3-13-6-4-5-7-15(13)24-11-17(21)19-20-25(22,23)16-9-8-12(2)10-14(16)18/h4-10,20H,3,11H2,1-2H3,(H,19,21). The summed E-state index contributed by atoms with van der Waals surface area (Å²) in [4.78, 5) is 13.7. The third-order valence-electron chi connectivity index (χ3n) is 3.41. The number of halogens is 1. The summed E-state index contributed by atoms with van der Waals surface area (Å²) in [6, 6.07) is 11.9. The molecule has 0 aliphatic rings. The molecule has 0 bridgehead atoms. The van der Waals surface area contributed by atoms with Crippen LogP contribution in [-0.2, 0) is 21.2 Å². The minimum Gasteiger partial charge on any atom is -0.483 e. The van der Waals surface area contributed by atoms with Crippen LogP contribution in [0.4, 0.5) is 0 Å². The van der Waals surface area contributed by atoms with Crippen LogP contribution < -0.4 is 15.0 Å². The van der Waals surface area contributed by atoms with Crippen molar-refractivity contribution in [3.05, 3.63) is 58.6 Å². The highest BCUT2D eigenvalue weighted by Gasteiger charge is 2.18. The minimum atomic E-state index is -3.97. The molecule has 0 atom stereocenters. The molecule has 0 aromatic heterocycles. The molecule has 2 rings (SSSR count). The van der Waals surface area contributed by atoms with Crippen molar-refractivity contribution in [2.45, 2.75) is 25.2 Å². The molecule has 2 N–H and O–H groups in total. The van der Waals surface area contributed by atoms with Crippen LogP contribution in [0.25, 0.3) is 0 Å². The lowest BCUT2D eigenvalue weighted by molar-refractivity contribution is -0.123. The first-order valence-electron chi connectivity index (χ1n) is 7.61. The van der Waals surface area contributed by atoms with Gasteiger partial charge in [-0.25, -0.2) is 8.42 Å². The molecule has 0 radical (unpaired) electrons. The molecule has 0 aliphatic carbocycles. The summed E-state index contributed by atoms with van der Waals surface area (Å²) in [5, 5.41) is 0.0786. The number of nitrogens with one attached hydrogen (secondary N) is 2. The molecule has 0 aliphatic heterocycles. The Hall–Kier alpha value is -2.09. The quantitative estimate of drug-likeness (QED) is 0.721. The van der Waals surface area contributed by atoms with Gasteiger partial charge in [0.25, 0.3) is 15.9 Å². The van der Waals surface area contributed by atoms with Crippen LogP contribution in [0.1, 0.15) is 18.1 Å². The number of ether oxygens (including phenoxy) is 1. The fraction of sp³-hybridized carbons (Fsp3) is 0.235. The van der Waals surface area contributed by atoms with Crippen LogP contribution in [0.3, 0.4) is 0 Å². The maximum absolute atomic E-state index is 12.2. The molecule has 134 valence electrons. The molecule has 0 heterocycles. The molecule has 0 saturated heterocycles. The Morgan fingerprint density at radius 3 is 2.60 bits per heavy atom. The van der Waals surface area contributed by atoms with Crippen molar-refractivity contribution in [2.75, 3.05) is 6.61 Å². The summed E-state index contributed by atoms with van der Waals surface area (Å²) in [6.07, 6.45) is 0.760. The third kappa shape index (κ3) is 5.19. The molecule has 25 heavy (non-hydrogen) atoms. The lowest BCUT2D eigenvalue weighted by Crippen LogP contribution is -2.43. The van der Waals surface area contributed by atoms with Gasteiger partial charge in [0.1, 0.15) is 10.6 Å². The van der Waals surface area contributed by atoms with Gasteiger partial charge in [0.15, 0.2) is 6.61 Å². The lowest BCUT2D eigenvalue weighted by Gasteiger charge is -2.12. The normalized spacial score (nSPS) is 11.2. The van der Waals surface area contributed by atoms with E-state index in [2.05, 4.69) is 5.43 Å². The minimum absolute atomic E-state index is 0.0786. The van der Waals surface area contributed by atoms with E-state index in [9.17, 15) is 13.2 Å². The molecule has 0 saturated carbocycles. The van der Waals surface area contributed by atoms with E-state index in [0.29, 0.717) is 5.75 Å². The molecule has 1 amide bonds. The summed E-state index contributed by atoms with van der Waals surface area (Å²) >= 11 is 5.95. The maximum Gasteiger partial charge on any atom is 0.272 e. The van der Waals surface area contributed by atoms with Crippen LogP contribution in [0.5, 0.6) is 5.75 Å². The van der Waals surface area contributed by atoms with Crippen molar-refractivity contribution in [1.82, 2.24) is 10.3 Å². The van der Waals surface area contributed by atoms with Crippen molar-refractivity contribution >= 4 is 27.5 Å². The number of sulfonamides is 1. The number of hydrogen-bond acceptors (Lipinski definition) is 4. The zero-order valence-electron chi connectivity index (χ0n) is 13.9. The van der Waals surface area contributed by atoms with Crippen LogP contribution >= 0.6 is 11.6 Å². The largest absolute Gasteiger partial charge is 0.483 e. The van der Waals surface area contributed by atoms with Gasteiger partial charge in [-0.2, -0.15) is 0 Å². The van der Waals surface area contributed by atoms with E-state index in [1.54, 1.807) is 25.1 Å². The highest BCUT2D eigenvalue weighted by atomic mass is 35.5. The number of rotatable bonds is 7. The zero-order chi connectivity index (χ0) is 18.4. The van der Waals surface area contributed by atoms with Crippen molar-refractivity contribution in [1.29, 1.82) is 0 Å². The predicted molar refractivity (Wildman–Crippen MR) is 96.0 cm³/mol. The third-order valence-corrected chi connectivity index (χ3v) is 5.14. The van der Waals surface area contributed by atoms with Gasteiger partial charge in [-0.1, -0.05) is 42.8 Å². The summed E-state index contributed by atoms with van der Waals surface area (Å²) in [5.41, 5.74) is 3.90. The van der Waals surface area contributed by atoms with E-state index in [0.717, 1.165) is 17.5 Å². The van der Waals surface area contributed by atoms with Gasteiger partial charge < -0.3 is 4.74 Å². The van der Waals surface area contributed by atoms with Gasteiger partial charge in [-0.3, -0.25) is 10.2 Å². The van der Waals surface area contributed by atoms with Crippen molar-refractivity contribution in [3.8, 4) is 5.75 Å². The van der Waals surface area contributed by atoms with E-state index < -0.39 is 15.9 Å². The van der Waals surface area contributed by atoms with Gasteiger partial charge >= 0.3 is 0 Å². The van der Waals surface area contributed by atoms with Crippen molar-refractivity contribution in [2.24, 2.45) is 0 Å². The Morgan fingerprint density at radius 1 is 1.20 bits per heavy atom. The number of benzene rings is 2. The Kier molecular flexibility index (Phi) is 6.41. The van der Waals surface area contributed by atoms with E-state index >= 15 is 0 Å². The molecule has 0 unspecified atom stereocenters. The number of amides is 1. The second-order valence-corrected chi connectivity index (χ2v) is 7.40. The predicted octanol–water partition coefficient (Wildman–Crippen LogP) is 2.60. The first kappa shape index (κ1) is 19.2. The topological polar surface area (TPSA) is 84.5 Å². The molecule has 0 fully saturated rings. The summed E-state index contributed by atoms with van der Waals surface area (Å²) < 4.78 is 29.8. The smallest absolute Gasteiger partial charge is 0.272 e. The Balaban J connectivity index is 1.95. The number of hydrogen-bond donors (Lipinski definition) is 2. The summed E-state index contributed by atoms with van der Waals surface area (Å²) in [5.74, 6) is -0.0395. The van der Waals surface area contributed by atoms with Crippen LogP contribution in [0.15, 0.2) is 47.4 Å². The van der Waals surface area contributed by atoms with E-state index in [1.807, 2.05) is 23.9 Å². The van der Waals surface area contributed by atoms with Gasteiger partial charge in [0, 0.05) is 0 Å². The Bertz CT molecular complexity index is 869. The first-order valence-corrected chi connectivity index (χ1v) is 9.47. The molecule has 2 aromatic carbocycles. The van der Waals surface area contributed by atoms with Gasteiger partial charge in [0.05, 0.1) is 5.02 Å². The van der Waals surface area contributed by atoms with E-state index in [4.69, 9.17) is 16.3 Å². The van der Waals surface area contributed by atoms with Crippen LogP contribution in [-0.4, -0.2) is 20.9 Å². The molecule has 0 spiro atoms. The fourth-order valence-corrected chi connectivity index (χ4v) is 3.58. The van der Waals surface area contributed by atoms with E-state index in [1.165, 1.54) is 12.1 Å². The average molecular weight is 383 g/mol. The average Bonchev–Trinajstić information content (AvgIpc) is 2.58. The lowest BCUT2D eigenvalue weighted by atomic mass is 10.1. The Morgan fingerprint density at radius 2 is 1.92 bits per heavy atom. The van der Waals surface area contributed by atoms with Gasteiger partial charge in [-0.05, 0) is 42.7 Å². The fourth-order valence-electron chi connectivity index (χ4n) is 2.12. The second kappa shape index (κ2) is 8.33. The molecule has 6 nitrogen and oxygen atoms in total. The maximum atomic E-state index is 12.2. The number of carbonyl (C=O) groups is 1. The zero-order valence-corrected chi connectivity index (χ0v) is 15.4. The van der Waals surface area contributed by atoms with Crippen LogP contribution in [0, 0.1) is 6.92 Å². The monoisotopic (exact) mass is 382 g/mol. The van der Waals surface area contributed by atoms with E-state index in [-0.39, 0.29) is 16.5 Å². The summed E-state index contributed by atoms with van der Waals surface area (Å²) in [7, 11) is -3.97. The number of aryl methyl sites for hydroxylation is 2. The van der Waals surface area contributed by atoms with Gasteiger partial charge in [0.2, 0.25) is 0 Å². The highest BCUT2D eigenvalue weighted by Crippen LogP contribution is 2.22. The van der Waals surface area contributed by atoms with Gasteiger partial charge in [-0.15, -0.1) is 4.83 Å². The number of carbonyl (C=O) groups excluding carboxylic acids is 1. The second-order valence-electron chi connectivity index (χ2n) is 5.34. The van der Waals surface area contributed by atoms with Crippen molar-refractivity contribution < 1.29 is 17.9 Å². The first-order chi connectivity index (χ1) is 11.8. The van der Waals surface area contributed by atoms with Crippen LogP contribution in [0.2, 0.25) is 5.02 Å². The number of hydrazine groups is 1. The molecular formula is C17H19ClN2O4S. The molecule has 8 heteroatoms. The summed E-state index contributed by atoms with van der Waals surface area (Å²) in [6.45, 7) is 3.45. The Labute approximate surface area is 152 Å². The molecule has 2 aromatic rings. The SMILES string of the molecule is CCc1ccccc1OCC(=O)NNS(=O)(=O)c1ccc(C)cc1Cl.